The van der Waals surface area contributed by atoms with Crippen molar-refractivity contribution in [2.45, 2.75) is 6.92 Å². The van der Waals surface area contributed by atoms with Gasteiger partial charge in [0.2, 0.25) is 0 Å². The number of fused-ring (bicyclic) bond motifs is 1. The normalized spacial score (nSPS) is 11.8. The summed E-state index contributed by atoms with van der Waals surface area (Å²) in [7, 11) is 0. The molecule has 0 saturated carbocycles. The zero-order valence-electron chi connectivity index (χ0n) is 15.5. The first kappa shape index (κ1) is 18.5. The largest absolute Gasteiger partial charge is 0.309 e. The third-order valence-corrected chi connectivity index (χ3v) is 5.30. The minimum absolute atomic E-state index is 0.257. The summed E-state index contributed by atoms with van der Waals surface area (Å²) in [6.07, 6.45) is 3.99. The van der Waals surface area contributed by atoms with Crippen LogP contribution >= 0.6 is 15.9 Å². The third kappa shape index (κ3) is 3.34. The average Bonchev–Trinajstić information content (AvgIpc) is 3.01. The van der Waals surface area contributed by atoms with Crippen LogP contribution in [0.5, 0.6) is 0 Å². The number of nitrogens with zero attached hydrogens (tertiary/aromatic N) is 1. The van der Waals surface area contributed by atoms with E-state index in [0.29, 0.717) is 0 Å². The molecule has 0 aliphatic rings. The molecule has 0 N–H and O–H groups in total. The molecule has 3 heteroatoms. The van der Waals surface area contributed by atoms with Gasteiger partial charge >= 0.3 is 0 Å². The molecule has 0 amide bonds. The Morgan fingerprint density at radius 1 is 1.00 bits per heavy atom. The van der Waals surface area contributed by atoms with Crippen molar-refractivity contribution in [1.29, 1.82) is 0 Å². The Labute approximate surface area is 172 Å². The number of rotatable bonds is 4. The summed E-state index contributed by atoms with van der Waals surface area (Å²) in [6, 6.07) is 23.5. The number of hydrogen-bond donors (Lipinski definition) is 0. The molecule has 0 fully saturated rings. The van der Waals surface area contributed by atoms with Gasteiger partial charge in [-0.2, -0.15) is 0 Å². The maximum Gasteiger partial charge on any atom is 0.124 e. The Morgan fingerprint density at radius 3 is 2.43 bits per heavy atom. The van der Waals surface area contributed by atoms with Crippen molar-refractivity contribution in [3.8, 4) is 5.69 Å². The maximum atomic E-state index is 13.9. The fourth-order valence-electron chi connectivity index (χ4n) is 3.57. The number of halogens is 2. The first-order chi connectivity index (χ1) is 13.6. The molecule has 4 aromatic rings. The molecule has 0 aliphatic carbocycles. The van der Waals surface area contributed by atoms with E-state index >= 15 is 0 Å². The zero-order valence-corrected chi connectivity index (χ0v) is 17.1. The Hall–Kier alpha value is -2.91. The smallest absolute Gasteiger partial charge is 0.124 e. The van der Waals surface area contributed by atoms with Crippen molar-refractivity contribution in [1.82, 2.24) is 4.57 Å². The predicted molar refractivity (Wildman–Crippen MR) is 121 cm³/mol. The average molecular weight is 432 g/mol. The summed E-state index contributed by atoms with van der Waals surface area (Å²) in [5.41, 5.74) is 6.12. The summed E-state index contributed by atoms with van der Waals surface area (Å²) >= 11 is 3.38. The highest BCUT2D eigenvalue weighted by Gasteiger charge is 2.15. The molecule has 1 nitrogen and oxygen atoms in total. The number of allylic oxidation sites excluding steroid dienone is 1. The molecule has 1 aromatic heterocycles. The van der Waals surface area contributed by atoms with E-state index in [1.54, 1.807) is 6.07 Å². The Balaban J connectivity index is 1.98. The first-order valence-corrected chi connectivity index (χ1v) is 9.84. The summed E-state index contributed by atoms with van der Waals surface area (Å²) in [5.74, 6) is -0.257. The lowest BCUT2D eigenvalue weighted by Crippen LogP contribution is -1.96. The van der Waals surface area contributed by atoms with E-state index in [2.05, 4.69) is 57.4 Å². The molecular formula is C25H19BrFN. The van der Waals surface area contributed by atoms with Gasteiger partial charge in [0.05, 0.1) is 11.2 Å². The van der Waals surface area contributed by atoms with Crippen LogP contribution in [0.1, 0.15) is 23.7 Å². The van der Waals surface area contributed by atoms with Crippen molar-refractivity contribution in [3.63, 3.8) is 0 Å². The van der Waals surface area contributed by atoms with Crippen molar-refractivity contribution in [3.05, 3.63) is 106 Å². The van der Waals surface area contributed by atoms with Crippen LogP contribution in [0.15, 0.2) is 83.8 Å². The number of para-hydroxylation sites is 2. The molecule has 0 unspecified atom stereocenters. The highest BCUT2D eigenvalue weighted by Crippen LogP contribution is 2.33. The molecule has 3 aromatic carbocycles. The van der Waals surface area contributed by atoms with Gasteiger partial charge in [0.15, 0.2) is 0 Å². The van der Waals surface area contributed by atoms with Gasteiger partial charge in [0.1, 0.15) is 5.82 Å². The van der Waals surface area contributed by atoms with Gasteiger partial charge < -0.3 is 4.57 Å². The van der Waals surface area contributed by atoms with Gasteiger partial charge in [-0.05, 0) is 66.6 Å². The fraction of sp³-hybridized carbons (Fsp3) is 0.0400. The molecule has 0 spiro atoms. The van der Waals surface area contributed by atoms with Crippen molar-refractivity contribution >= 4 is 44.6 Å². The molecule has 0 bridgehead atoms. The van der Waals surface area contributed by atoms with E-state index in [0.717, 1.165) is 43.5 Å². The van der Waals surface area contributed by atoms with Crippen LogP contribution in [0.4, 0.5) is 4.39 Å². The van der Waals surface area contributed by atoms with Crippen molar-refractivity contribution < 1.29 is 4.39 Å². The number of benzene rings is 3. The molecule has 138 valence electrons. The quantitative estimate of drug-likeness (QED) is 0.311. The summed E-state index contributed by atoms with van der Waals surface area (Å²) in [4.78, 5) is 0. The molecular weight excluding hydrogens is 413 g/mol. The summed E-state index contributed by atoms with van der Waals surface area (Å²) < 4.78 is 16.8. The monoisotopic (exact) mass is 431 g/mol. The van der Waals surface area contributed by atoms with Gasteiger partial charge in [-0.25, -0.2) is 4.39 Å². The third-order valence-electron chi connectivity index (χ3n) is 4.84. The van der Waals surface area contributed by atoms with E-state index in [9.17, 15) is 4.39 Å². The van der Waals surface area contributed by atoms with Crippen molar-refractivity contribution in [2.75, 3.05) is 0 Å². The fourth-order valence-corrected chi connectivity index (χ4v) is 4.04. The molecule has 4 rings (SSSR count). The lowest BCUT2D eigenvalue weighted by molar-refractivity contribution is 0.626. The Morgan fingerprint density at radius 2 is 1.71 bits per heavy atom. The van der Waals surface area contributed by atoms with E-state index < -0.39 is 0 Å². The van der Waals surface area contributed by atoms with Gasteiger partial charge in [0, 0.05) is 21.1 Å². The molecule has 0 atom stereocenters. The lowest BCUT2D eigenvalue weighted by Gasteiger charge is -2.09. The van der Waals surface area contributed by atoms with E-state index in [4.69, 9.17) is 0 Å². The first-order valence-electron chi connectivity index (χ1n) is 9.04. The van der Waals surface area contributed by atoms with Gasteiger partial charge in [0.25, 0.3) is 0 Å². The summed E-state index contributed by atoms with van der Waals surface area (Å²) in [5, 5.41) is 1.14. The van der Waals surface area contributed by atoms with Crippen LogP contribution in [0.3, 0.4) is 0 Å². The van der Waals surface area contributed by atoms with Crippen LogP contribution in [0.2, 0.25) is 0 Å². The maximum absolute atomic E-state index is 13.9. The van der Waals surface area contributed by atoms with E-state index in [1.807, 2.05) is 49.4 Å². The molecule has 0 saturated heterocycles. The predicted octanol–water partition coefficient (Wildman–Crippen LogP) is 7.74. The molecule has 1 heterocycles. The van der Waals surface area contributed by atoms with Crippen LogP contribution in [-0.2, 0) is 0 Å². The van der Waals surface area contributed by atoms with Crippen LogP contribution in [-0.4, -0.2) is 4.57 Å². The number of aromatic nitrogens is 1. The van der Waals surface area contributed by atoms with Crippen LogP contribution < -0.4 is 0 Å². The molecule has 28 heavy (non-hydrogen) atoms. The van der Waals surface area contributed by atoms with Crippen LogP contribution in [0, 0.1) is 5.82 Å². The molecule has 0 aliphatic heterocycles. The second kappa shape index (κ2) is 7.61. The van der Waals surface area contributed by atoms with Gasteiger partial charge in [-0.1, -0.05) is 58.9 Å². The van der Waals surface area contributed by atoms with Gasteiger partial charge in [-0.3, -0.25) is 0 Å². The minimum atomic E-state index is -0.257. The SMILES string of the molecule is C=Cc1c(/C=C(\C)c2cc(F)cc(Br)c2)c2ccccc2n1-c1ccccc1. The summed E-state index contributed by atoms with van der Waals surface area (Å²) in [6.45, 7) is 6.07. The highest BCUT2D eigenvalue weighted by atomic mass is 79.9. The van der Waals surface area contributed by atoms with Gasteiger partial charge in [-0.15, -0.1) is 0 Å². The highest BCUT2D eigenvalue weighted by molar-refractivity contribution is 9.10. The minimum Gasteiger partial charge on any atom is -0.309 e. The van der Waals surface area contributed by atoms with E-state index in [1.165, 1.54) is 6.07 Å². The van der Waals surface area contributed by atoms with Crippen molar-refractivity contribution in [2.24, 2.45) is 0 Å². The Bertz CT molecular complexity index is 1180. The number of hydrogen-bond acceptors (Lipinski definition) is 0. The molecule has 0 radical (unpaired) electrons. The van der Waals surface area contributed by atoms with Crippen LogP contribution in [0.25, 0.3) is 34.3 Å². The lowest BCUT2D eigenvalue weighted by atomic mass is 10.0. The standard InChI is InChI=1S/C25H19BrFN/c1-3-24-23(13-17(2)18-14-19(26)16-20(27)15-18)22-11-7-8-12-25(22)28(24)21-9-5-4-6-10-21/h3-16H,1H2,2H3/b17-13+. The Kier molecular flexibility index (Phi) is 5.01. The zero-order chi connectivity index (χ0) is 19.7. The second-order valence-corrected chi connectivity index (χ2v) is 7.59. The topological polar surface area (TPSA) is 4.93 Å². The second-order valence-electron chi connectivity index (χ2n) is 6.68. The van der Waals surface area contributed by atoms with E-state index in [-0.39, 0.29) is 5.82 Å².